The highest BCUT2D eigenvalue weighted by Crippen LogP contribution is 1.99. The predicted molar refractivity (Wildman–Crippen MR) is 56.8 cm³/mol. The molecule has 1 aromatic heterocycles. The lowest BCUT2D eigenvalue weighted by Gasteiger charge is -2.07. The maximum absolute atomic E-state index is 3.99. The van der Waals surface area contributed by atoms with Crippen LogP contribution in [0.15, 0.2) is 6.20 Å². The molecule has 0 saturated heterocycles. The van der Waals surface area contributed by atoms with Gasteiger partial charge < -0.3 is 4.59 Å². The molecule has 0 unspecified atom stereocenters. The molecule has 0 aromatic carbocycles. The summed E-state index contributed by atoms with van der Waals surface area (Å²) in [4.78, 5) is 0. The van der Waals surface area contributed by atoms with Crippen LogP contribution in [-0.2, 0) is 0 Å². The molecule has 68 valence electrons. The molecule has 1 rings (SSSR count). The second-order valence-electron chi connectivity index (χ2n) is 3.91. The van der Waals surface area contributed by atoms with Crippen LogP contribution in [0.3, 0.4) is 0 Å². The molecule has 0 aliphatic heterocycles. The molecule has 0 amide bonds. The topological polar surface area (TPSA) is 30.7 Å². The number of hydrogen-bond donors (Lipinski definition) is 0. The number of aromatic nitrogens is 3. The van der Waals surface area contributed by atoms with Gasteiger partial charge in [0.1, 0.15) is 0 Å². The van der Waals surface area contributed by atoms with Crippen LogP contribution < -0.4 is 5.59 Å². The van der Waals surface area contributed by atoms with Gasteiger partial charge in [0, 0.05) is 0 Å². The molecule has 5 heteroatoms. The van der Waals surface area contributed by atoms with E-state index in [2.05, 4.69) is 52.7 Å². The van der Waals surface area contributed by atoms with Crippen LogP contribution in [-0.4, -0.2) is 29.6 Å². The molecule has 3 nitrogen and oxygen atoms in total. The summed E-state index contributed by atoms with van der Waals surface area (Å²) in [7, 11) is 4.21. The Morgan fingerprint density at radius 2 is 1.92 bits per heavy atom. The normalized spacial score (nSPS) is 10.9. The van der Waals surface area contributed by atoms with Gasteiger partial charge in [-0.2, -0.15) is 0 Å². The van der Waals surface area contributed by atoms with E-state index in [1.165, 1.54) is 0 Å². The summed E-state index contributed by atoms with van der Waals surface area (Å²) in [6.07, 6.45) is 1.79. The lowest BCUT2D eigenvalue weighted by molar-refractivity contribution is 0.853. The van der Waals surface area contributed by atoms with Gasteiger partial charge >= 0.3 is 0 Å². The molecule has 0 N–H and O–H groups in total. The minimum atomic E-state index is 0.487. The molecular formula is C8H15B2N3. The van der Waals surface area contributed by atoms with Crippen molar-refractivity contribution >= 4 is 20.3 Å². The van der Waals surface area contributed by atoms with Crippen molar-refractivity contribution in [1.29, 1.82) is 0 Å². The fraction of sp³-hybridized carbons (Fsp3) is 0.750. The smallest absolute Gasteiger partial charge is 0.283 e. The molecule has 0 aliphatic carbocycles. The van der Waals surface area contributed by atoms with Crippen LogP contribution in [0.2, 0.25) is 11.6 Å². The number of nitrogens with zero attached hydrogens (tertiary/aromatic N) is 3. The Kier molecular flexibility index (Phi) is 3.58. The third kappa shape index (κ3) is 3.25. The van der Waals surface area contributed by atoms with Crippen LogP contribution in [0.4, 0.5) is 0 Å². The molecule has 13 heavy (non-hydrogen) atoms. The van der Waals surface area contributed by atoms with Gasteiger partial charge in [0.25, 0.3) is 7.41 Å². The Bertz CT molecular complexity index is 233. The molecule has 0 saturated carbocycles. The van der Waals surface area contributed by atoms with E-state index in [-0.39, 0.29) is 0 Å². The number of rotatable bonds is 4. The lowest BCUT2D eigenvalue weighted by Crippen LogP contribution is -2.30. The van der Waals surface area contributed by atoms with Crippen molar-refractivity contribution in [3.05, 3.63) is 6.20 Å². The van der Waals surface area contributed by atoms with E-state index < -0.39 is 0 Å². The zero-order chi connectivity index (χ0) is 9.84. The first-order chi connectivity index (χ1) is 6.09. The highest BCUT2D eigenvalue weighted by atomic mass is 15.4. The van der Waals surface area contributed by atoms with Gasteiger partial charge in [-0.25, -0.2) is 0 Å². The Morgan fingerprint density at radius 3 is 2.46 bits per heavy atom. The molecule has 0 spiro atoms. The Hall–Kier alpha value is -0.730. The van der Waals surface area contributed by atoms with Crippen LogP contribution in [0.1, 0.15) is 27.7 Å². The Morgan fingerprint density at radius 1 is 1.23 bits per heavy atom. The molecule has 0 bridgehead atoms. The summed E-state index contributed by atoms with van der Waals surface area (Å²) in [5.41, 5.74) is 1.07. The minimum absolute atomic E-state index is 0.487. The van der Waals surface area contributed by atoms with E-state index in [0.717, 1.165) is 5.59 Å². The van der Waals surface area contributed by atoms with Gasteiger partial charge in [-0.15, -0.1) is 5.10 Å². The van der Waals surface area contributed by atoms with E-state index in [9.17, 15) is 0 Å². The minimum Gasteiger partial charge on any atom is -0.310 e. The van der Waals surface area contributed by atoms with Crippen molar-refractivity contribution < 1.29 is 0 Å². The summed E-state index contributed by atoms with van der Waals surface area (Å²) >= 11 is 0. The fourth-order valence-electron chi connectivity index (χ4n) is 1.11. The Labute approximate surface area is 81.4 Å². The molecule has 0 aliphatic rings. The van der Waals surface area contributed by atoms with E-state index >= 15 is 0 Å². The SMILES string of the molecule is CC(C)[B]c1cnnn1[B]C(C)C. The zero-order valence-corrected chi connectivity index (χ0v) is 8.73. The van der Waals surface area contributed by atoms with Crippen molar-refractivity contribution in [2.45, 2.75) is 39.3 Å². The second-order valence-corrected chi connectivity index (χ2v) is 3.91. The third-order valence-electron chi connectivity index (χ3n) is 1.55. The van der Waals surface area contributed by atoms with Crippen molar-refractivity contribution in [3.63, 3.8) is 0 Å². The fourth-order valence-corrected chi connectivity index (χ4v) is 1.11. The molecular weight excluding hydrogens is 160 g/mol. The van der Waals surface area contributed by atoms with E-state index in [1.54, 1.807) is 6.20 Å². The van der Waals surface area contributed by atoms with Gasteiger partial charge in [0.2, 0.25) is 0 Å². The van der Waals surface area contributed by atoms with Gasteiger partial charge in [-0.3, -0.25) is 0 Å². The summed E-state index contributed by atoms with van der Waals surface area (Å²) in [6.45, 7) is 8.54. The lowest BCUT2D eigenvalue weighted by atomic mass is 9.62. The highest BCUT2D eigenvalue weighted by Gasteiger charge is 2.09. The molecule has 2 radical (unpaired) electrons. The maximum Gasteiger partial charge on any atom is 0.283 e. The van der Waals surface area contributed by atoms with Gasteiger partial charge in [0.05, 0.1) is 6.20 Å². The maximum atomic E-state index is 3.99. The summed E-state index contributed by atoms with van der Waals surface area (Å²) < 4.78 is 1.84. The molecule has 1 aromatic rings. The van der Waals surface area contributed by atoms with E-state index in [1.807, 2.05) is 4.59 Å². The van der Waals surface area contributed by atoms with Crippen molar-refractivity contribution in [3.8, 4) is 0 Å². The first kappa shape index (κ1) is 10.4. The monoisotopic (exact) mass is 175 g/mol. The van der Waals surface area contributed by atoms with Gasteiger partial charge in [0.15, 0.2) is 7.28 Å². The van der Waals surface area contributed by atoms with Crippen LogP contribution >= 0.6 is 0 Å². The third-order valence-corrected chi connectivity index (χ3v) is 1.55. The number of hydrogen-bond acceptors (Lipinski definition) is 2. The largest absolute Gasteiger partial charge is 0.310 e. The van der Waals surface area contributed by atoms with Crippen LogP contribution in [0, 0.1) is 0 Å². The van der Waals surface area contributed by atoms with Crippen molar-refractivity contribution in [2.24, 2.45) is 0 Å². The van der Waals surface area contributed by atoms with Gasteiger partial charge in [-0.05, 0) is 11.4 Å². The highest BCUT2D eigenvalue weighted by molar-refractivity contribution is 6.56. The quantitative estimate of drug-likeness (QED) is 0.631. The molecule has 1 heterocycles. The standard InChI is InChI=1S/C8H15B2N3/c1-6(2)9-8-5-11-12-13(8)10-7(3)4/h5-7H,1-4H3. The molecule has 0 atom stereocenters. The second kappa shape index (κ2) is 4.49. The summed E-state index contributed by atoms with van der Waals surface area (Å²) in [5.74, 6) is 1.01. The van der Waals surface area contributed by atoms with Crippen molar-refractivity contribution in [1.82, 2.24) is 14.9 Å². The average molecular weight is 175 g/mol. The average Bonchev–Trinajstić information content (AvgIpc) is 2.34. The predicted octanol–water partition coefficient (Wildman–Crippen LogP) is 0.731. The van der Waals surface area contributed by atoms with Crippen LogP contribution in [0.25, 0.3) is 0 Å². The first-order valence-corrected chi connectivity index (χ1v) is 4.69. The van der Waals surface area contributed by atoms with E-state index in [4.69, 9.17) is 0 Å². The Balaban J connectivity index is 2.65. The summed E-state index contributed by atoms with van der Waals surface area (Å²) in [5, 5.41) is 7.87. The van der Waals surface area contributed by atoms with E-state index in [0.29, 0.717) is 11.6 Å². The zero-order valence-electron chi connectivity index (χ0n) is 8.73. The van der Waals surface area contributed by atoms with Crippen LogP contribution in [0.5, 0.6) is 0 Å². The van der Waals surface area contributed by atoms with Crippen molar-refractivity contribution in [2.75, 3.05) is 0 Å². The van der Waals surface area contributed by atoms with Gasteiger partial charge in [-0.1, -0.05) is 38.7 Å². The first-order valence-electron chi connectivity index (χ1n) is 4.69. The molecule has 0 fully saturated rings. The summed E-state index contributed by atoms with van der Waals surface area (Å²) in [6, 6.07) is 0.